The van der Waals surface area contributed by atoms with Crippen LogP contribution in [-0.4, -0.2) is 29.6 Å². The van der Waals surface area contributed by atoms with E-state index < -0.39 is 17.6 Å². The van der Waals surface area contributed by atoms with Gasteiger partial charge in [-0.2, -0.15) is 13.2 Å². The normalized spacial score (nSPS) is 12.9. The van der Waals surface area contributed by atoms with Crippen molar-refractivity contribution in [1.29, 1.82) is 0 Å². The molecule has 0 aliphatic rings. The van der Waals surface area contributed by atoms with E-state index >= 15 is 0 Å². The molecule has 2 nitrogen and oxygen atoms in total. The molecule has 0 atom stereocenters. The number of rotatable bonds is 0. The van der Waals surface area contributed by atoms with E-state index in [4.69, 9.17) is 0 Å². The second-order valence-electron chi connectivity index (χ2n) is 3.53. The molecule has 0 bridgehead atoms. The summed E-state index contributed by atoms with van der Waals surface area (Å²) in [4.78, 5) is 11.3. The number of hydrogen-bond acceptors (Lipinski definition) is 1. The standard InChI is InChI=1S/C7H12F3NO/c1-6(2,3)11(4)5(12)7(8,9)10/h1-4H3. The van der Waals surface area contributed by atoms with Crippen LogP contribution in [0.2, 0.25) is 0 Å². The Balaban J connectivity index is 4.53. The van der Waals surface area contributed by atoms with Crippen molar-refractivity contribution in [3.63, 3.8) is 0 Å². The van der Waals surface area contributed by atoms with E-state index in [1.807, 2.05) is 0 Å². The second kappa shape index (κ2) is 2.95. The molecule has 0 radical (unpaired) electrons. The minimum absolute atomic E-state index is 0.674. The predicted molar refractivity (Wildman–Crippen MR) is 38.6 cm³/mol. The van der Waals surface area contributed by atoms with Crippen molar-refractivity contribution >= 4 is 5.91 Å². The van der Waals surface area contributed by atoms with Gasteiger partial charge in [-0.25, -0.2) is 0 Å². The van der Waals surface area contributed by atoms with Crippen molar-refractivity contribution in [1.82, 2.24) is 4.90 Å². The number of hydrogen-bond donors (Lipinski definition) is 0. The highest BCUT2D eigenvalue weighted by molar-refractivity contribution is 5.82. The fourth-order valence-corrected chi connectivity index (χ4v) is 0.495. The van der Waals surface area contributed by atoms with Gasteiger partial charge in [0.15, 0.2) is 0 Å². The minimum Gasteiger partial charge on any atom is -0.333 e. The monoisotopic (exact) mass is 183 g/mol. The lowest BCUT2D eigenvalue weighted by atomic mass is 10.1. The van der Waals surface area contributed by atoms with Crippen molar-refractivity contribution in [2.24, 2.45) is 0 Å². The van der Waals surface area contributed by atoms with Crippen LogP contribution in [0.5, 0.6) is 0 Å². The topological polar surface area (TPSA) is 20.3 Å². The molecule has 12 heavy (non-hydrogen) atoms. The SMILES string of the molecule is CN(C(=O)C(F)(F)F)C(C)(C)C. The van der Waals surface area contributed by atoms with Crippen molar-refractivity contribution in [3.05, 3.63) is 0 Å². The van der Waals surface area contributed by atoms with E-state index in [2.05, 4.69) is 0 Å². The second-order valence-corrected chi connectivity index (χ2v) is 3.53. The molecule has 0 aromatic heterocycles. The van der Waals surface area contributed by atoms with Gasteiger partial charge < -0.3 is 4.90 Å². The summed E-state index contributed by atoms with van der Waals surface area (Å²) in [5.74, 6) is -1.81. The molecule has 0 aromatic rings. The van der Waals surface area contributed by atoms with Crippen LogP contribution < -0.4 is 0 Å². The molecular weight excluding hydrogens is 171 g/mol. The molecule has 0 aliphatic carbocycles. The Morgan fingerprint density at radius 3 is 1.58 bits per heavy atom. The van der Waals surface area contributed by atoms with Gasteiger partial charge in [-0.3, -0.25) is 4.79 Å². The van der Waals surface area contributed by atoms with Crippen molar-refractivity contribution in [2.75, 3.05) is 7.05 Å². The van der Waals surface area contributed by atoms with Gasteiger partial charge in [-0.1, -0.05) is 0 Å². The van der Waals surface area contributed by atoms with Gasteiger partial charge in [0, 0.05) is 12.6 Å². The molecule has 72 valence electrons. The highest BCUT2D eigenvalue weighted by Gasteiger charge is 2.43. The molecule has 0 saturated heterocycles. The largest absolute Gasteiger partial charge is 0.471 e. The molecule has 1 amide bonds. The maximum atomic E-state index is 11.8. The zero-order chi connectivity index (χ0) is 10.2. The molecular formula is C7H12F3NO. The third-order valence-corrected chi connectivity index (χ3v) is 1.55. The maximum Gasteiger partial charge on any atom is 0.471 e. The first-order valence-corrected chi connectivity index (χ1v) is 3.42. The van der Waals surface area contributed by atoms with Gasteiger partial charge in [0.25, 0.3) is 0 Å². The van der Waals surface area contributed by atoms with Crippen LogP contribution in [0.1, 0.15) is 20.8 Å². The summed E-state index contributed by atoms with van der Waals surface area (Å²) in [6.45, 7) is 4.62. The van der Waals surface area contributed by atoms with Gasteiger partial charge >= 0.3 is 12.1 Å². The third-order valence-electron chi connectivity index (χ3n) is 1.55. The Morgan fingerprint density at radius 2 is 1.50 bits per heavy atom. The first-order chi connectivity index (χ1) is 5.07. The molecule has 0 aliphatic heterocycles. The molecule has 0 N–H and O–H groups in total. The average molecular weight is 183 g/mol. The highest BCUT2D eigenvalue weighted by Crippen LogP contribution is 2.22. The minimum atomic E-state index is -4.78. The van der Waals surface area contributed by atoms with Gasteiger partial charge in [0.05, 0.1) is 0 Å². The lowest BCUT2D eigenvalue weighted by Gasteiger charge is -2.32. The third kappa shape index (κ3) is 2.71. The zero-order valence-electron chi connectivity index (χ0n) is 7.49. The molecule has 0 saturated carbocycles. The smallest absolute Gasteiger partial charge is 0.333 e. The average Bonchev–Trinajstić information content (AvgIpc) is 1.80. The van der Waals surface area contributed by atoms with Crippen LogP contribution in [0.3, 0.4) is 0 Å². The Labute approximate surface area is 69.3 Å². The van der Waals surface area contributed by atoms with Gasteiger partial charge in [0.1, 0.15) is 0 Å². The summed E-state index contributed by atoms with van der Waals surface area (Å²) in [6.07, 6.45) is -4.78. The Morgan fingerprint density at radius 1 is 1.17 bits per heavy atom. The van der Waals surface area contributed by atoms with E-state index in [1.165, 1.54) is 20.8 Å². The van der Waals surface area contributed by atoms with Gasteiger partial charge in [0.2, 0.25) is 0 Å². The maximum absolute atomic E-state index is 11.8. The van der Waals surface area contributed by atoms with Crippen LogP contribution in [0.25, 0.3) is 0 Å². The summed E-state index contributed by atoms with van der Waals surface area (Å²) in [5.41, 5.74) is -0.799. The Bertz CT molecular complexity index is 180. The molecule has 0 aromatic carbocycles. The molecule has 5 heteroatoms. The summed E-state index contributed by atoms with van der Waals surface area (Å²) >= 11 is 0. The number of carbonyl (C=O) groups excluding carboxylic acids is 1. The molecule has 0 rings (SSSR count). The predicted octanol–water partition coefficient (Wildman–Crippen LogP) is 1.81. The van der Waals surface area contributed by atoms with Crippen molar-refractivity contribution < 1.29 is 18.0 Å². The van der Waals surface area contributed by atoms with Gasteiger partial charge in [-0.05, 0) is 20.8 Å². The van der Waals surface area contributed by atoms with E-state index in [-0.39, 0.29) is 0 Å². The van der Waals surface area contributed by atoms with Crippen LogP contribution in [-0.2, 0) is 4.79 Å². The van der Waals surface area contributed by atoms with Crippen LogP contribution in [0.4, 0.5) is 13.2 Å². The molecule has 0 unspecified atom stereocenters. The summed E-state index contributed by atoms with van der Waals surface area (Å²) < 4.78 is 35.5. The number of alkyl halides is 3. The Kier molecular flexibility index (Phi) is 2.77. The van der Waals surface area contributed by atoms with E-state index in [1.54, 1.807) is 0 Å². The fraction of sp³-hybridized carbons (Fsp3) is 0.857. The van der Waals surface area contributed by atoms with Crippen LogP contribution in [0, 0.1) is 0 Å². The fourth-order valence-electron chi connectivity index (χ4n) is 0.495. The quantitative estimate of drug-likeness (QED) is 0.560. The van der Waals surface area contributed by atoms with Crippen molar-refractivity contribution in [2.45, 2.75) is 32.5 Å². The number of nitrogens with zero attached hydrogens (tertiary/aromatic N) is 1. The number of amides is 1. The highest BCUT2D eigenvalue weighted by atomic mass is 19.4. The lowest BCUT2D eigenvalue weighted by molar-refractivity contribution is -0.188. The summed E-state index contributed by atoms with van der Waals surface area (Å²) in [7, 11) is 1.13. The first kappa shape index (κ1) is 11.3. The lowest BCUT2D eigenvalue weighted by Crippen LogP contribution is -2.48. The molecule has 0 fully saturated rings. The Hall–Kier alpha value is -0.740. The van der Waals surface area contributed by atoms with Crippen LogP contribution in [0.15, 0.2) is 0 Å². The van der Waals surface area contributed by atoms with E-state index in [0.717, 1.165) is 7.05 Å². The van der Waals surface area contributed by atoms with Gasteiger partial charge in [-0.15, -0.1) is 0 Å². The number of carbonyl (C=O) groups is 1. The summed E-state index contributed by atoms with van der Waals surface area (Å²) in [6, 6.07) is 0. The molecule has 0 spiro atoms. The van der Waals surface area contributed by atoms with E-state index in [0.29, 0.717) is 4.90 Å². The number of halogens is 3. The molecule has 0 heterocycles. The van der Waals surface area contributed by atoms with Crippen molar-refractivity contribution in [3.8, 4) is 0 Å². The first-order valence-electron chi connectivity index (χ1n) is 3.42. The van der Waals surface area contributed by atoms with E-state index in [9.17, 15) is 18.0 Å². The summed E-state index contributed by atoms with van der Waals surface area (Å²) in [5, 5.41) is 0. The zero-order valence-corrected chi connectivity index (χ0v) is 7.49. The van der Waals surface area contributed by atoms with Crippen LogP contribution >= 0.6 is 0 Å².